The van der Waals surface area contributed by atoms with Gasteiger partial charge in [-0.05, 0) is 35.9 Å². The third-order valence-corrected chi connectivity index (χ3v) is 3.88. The zero-order chi connectivity index (χ0) is 17.6. The largest absolute Gasteiger partial charge is 0.355 e. The predicted molar refractivity (Wildman–Crippen MR) is 102 cm³/mol. The van der Waals surface area contributed by atoms with Gasteiger partial charge in [-0.25, -0.2) is 0 Å². The van der Waals surface area contributed by atoms with Crippen LogP contribution in [0.15, 0.2) is 66.9 Å². The standard InChI is InChI=1S/C19H15Cl2N3O/c20-14-8-15(21)10-17(9-14)24-16-6-7-22-18(11-16)19(25)23-12-13-4-2-1-3-5-13/h1-11H,12H2,(H,22,24)(H,23,25). The Bertz CT molecular complexity index is 865. The van der Waals surface area contributed by atoms with Gasteiger partial charge in [-0.15, -0.1) is 0 Å². The Morgan fingerprint density at radius 2 is 1.64 bits per heavy atom. The topological polar surface area (TPSA) is 54.0 Å². The molecule has 0 radical (unpaired) electrons. The van der Waals surface area contributed by atoms with E-state index in [4.69, 9.17) is 23.2 Å². The zero-order valence-electron chi connectivity index (χ0n) is 13.2. The van der Waals surface area contributed by atoms with E-state index in [0.717, 1.165) is 16.9 Å². The molecule has 0 aliphatic heterocycles. The van der Waals surface area contributed by atoms with Gasteiger partial charge in [-0.1, -0.05) is 53.5 Å². The van der Waals surface area contributed by atoms with Crippen molar-refractivity contribution in [1.82, 2.24) is 10.3 Å². The molecule has 0 saturated heterocycles. The van der Waals surface area contributed by atoms with Crippen molar-refractivity contribution in [3.05, 3.63) is 88.2 Å². The van der Waals surface area contributed by atoms with Gasteiger partial charge in [-0.2, -0.15) is 0 Å². The lowest BCUT2D eigenvalue weighted by Crippen LogP contribution is -2.23. The molecule has 6 heteroatoms. The number of anilines is 2. The van der Waals surface area contributed by atoms with Crippen molar-refractivity contribution < 1.29 is 4.79 Å². The molecule has 3 aromatic rings. The van der Waals surface area contributed by atoms with Crippen molar-refractivity contribution >= 4 is 40.5 Å². The SMILES string of the molecule is O=C(NCc1ccccc1)c1cc(Nc2cc(Cl)cc(Cl)c2)ccn1. The number of nitrogens with zero attached hydrogens (tertiary/aromatic N) is 1. The molecule has 0 bridgehead atoms. The summed E-state index contributed by atoms with van der Waals surface area (Å²) < 4.78 is 0. The van der Waals surface area contributed by atoms with E-state index in [1.54, 1.807) is 36.5 Å². The van der Waals surface area contributed by atoms with Crippen LogP contribution in [0.4, 0.5) is 11.4 Å². The van der Waals surface area contributed by atoms with Crippen LogP contribution in [0.25, 0.3) is 0 Å². The van der Waals surface area contributed by atoms with Crippen molar-refractivity contribution in [2.75, 3.05) is 5.32 Å². The highest BCUT2D eigenvalue weighted by Gasteiger charge is 2.08. The molecule has 25 heavy (non-hydrogen) atoms. The Hall–Kier alpha value is -2.56. The average molecular weight is 372 g/mol. The van der Waals surface area contributed by atoms with Crippen LogP contribution in [0.2, 0.25) is 10.0 Å². The summed E-state index contributed by atoms with van der Waals surface area (Å²) in [6, 6.07) is 18.3. The number of hydrogen-bond donors (Lipinski definition) is 2. The first-order chi connectivity index (χ1) is 12.1. The van der Waals surface area contributed by atoms with E-state index in [-0.39, 0.29) is 5.91 Å². The summed E-state index contributed by atoms with van der Waals surface area (Å²) in [6.45, 7) is 0.447. The van der Waals surface area contributed by atoms with Crippen LogP contribution in [0.1, 0.15) is 16.1 Å². The molecule has 0 atom stereocenters. The maximum atomic E-state index is 12.3. The number of halogens is 2. The molecule has 0 fully saturated rings. The fourth-order valence-electron chi connectivity index (χ4n) is 2.29. The summed E-state index contributed by atoms with van der Waals surface area (Å²) in [6.07, 6.45) is 1.58. The van der Waals surface area contributed by atoms with E-state index in [9.17, 15) is 4.79 Å². The van der Waals surface area contributed by atoms with Gasteiger partial charge in [0.05, 0.1) is 0 Å². The van der Waals surface area contributed by atoms with Crippen LogP contribution in [-0.2, 0) is 6.54 Å². The van der Waals surface area contributed by atoms with E-state index in [2.05, 4.69) is 15.6 Å². The first kappa shape index (κ1) is 17.3. The lowest BCUT2D eigenvalue weighted by Gasteiger charge is -2.09. The molecular weight excluding hydrogens is 357 g/mol. The number of carbonyl (C=O) groups excluding carboxylic acids is 1. The molecule has 0 saturated carbocycles. The molecule has 2 aromatic carbocycles. The normalized spacial score (nSPS) is 10.3. The summed E-state index contributed by atoms with van der Waals surface area (Å²) in [5, 5.41) is 7.08. The molecule has 1 aromatic heterocycles. The minimum atomic E-state index is -0.239. The summed E-state index contributed by atoms with van der Waals surface area (Å²) in [5.41, 5.74) is 2.81. The van der Waals surface area contributed by atoms with E-state index >= 15 is 0 Å². The first-order valence-corrected chi connectivity index (χ1v) is 8.37. The fraction of sp³-hybridized carbons (Fsp3) is 0.0526. The quantitative estimate of drug-likeness (QED) is 0.658. The highest BCUT2D eigenvalue weighted by atomic mass is 35.5. The second-order valence-electron chi connectivity index (χ2n) is 5.38. The van der Waals surface area contributed by atoms with Crippen molar-refractivity contribution in [3.8, 4) is 0 Å². The van der Waals surface area contributed by atoms with Crippen LogP contribution in [-0.4, -0.2) is 10.9 Å². The molecule has 3 rings (SSSR count). The highest BCUT2D eigenvalue weighted by Crippen LogP contribution is 2.25. The number of nitrogens with one attached hydrogen (secondary N) is 2. The molecule has 0 unspecified atom stereocenters. The van der Waals surface area contributed by atoms with Gasteiger partial charge in [0.25, 0.3) is 5.91 Å². The number of hydrogen-bond acceptors (Lipinski definition) is 3. The maximum Gasteiger partial charge on any atom is 0.270 e. The van der Waals surface area contributed by atoms with Crippen LogP contribution in [0.5, 0.6) is 0 Å². The van der Waals surface area contributed by atoms with Crippen LogP contribution >= 0.6 is 23.2 Å². The van der Waals surface area contributed by atoms with E-state index in [1.807, 2.05) is 30.3 Å². The van der Waals surface area contributed by atoms with Crippen LogP contribution in [0, 0.1) is 0 Å². The molecule has 4 nitrogen and oxygen atoms in total. The molecule has 0 spiro atoms. The minimum Gasteiger partial charge on any atom is -0.355 e. The maximum absolute atomic E-state index is 12.3. The molecule has 2 N–H and O–H groups in total. The van der Waals surface area contributed by atoms with Crippen LogP contribution < -0.4 is 10.6 Å². The Morgan fingerprint density at radius 3 is 2.36 bits per heavy atom. The van der Waals surface area contributed by atoms with Gasteiger partial charge in [-0.3, -0.25) is 9.78 Å². The predicted octanol–water partition coefficient (Wildman–Crippen LogP) is 5.06. The van der Waals surface area contributed by atoms with Gasteiger partial charge in [0.1, 0.15) is 5.69 Å². The van der Waals surface area contributed by atoms with Crippen LogP contribution in [0.3, 0.4) is 0 Å². The number of aromatic nitrogens is 1. The summed E-state index contributed by atoms with van der Waals surface area (Å²) in [4.78, 5) is 16.4. The van der Waals surface area contributed by atoms with Gasteiger partial charge in [0.15, 0.2) is 0 Å². The Morgan fingerprint density at radius 1 is 0.920 bits per heavy atom. The van der Waals surface area contributed by atoms with Crippen molar-refractivity contribution in [2.45, 2.75) is 6.54 Å². The monoisotopic (exact) mass is 371 g/mol. The third kappa shape index (κ3) is 4.95. The second kappa shape index (κ2) is 8.01. The van der Waals surface area contributed by atoms with Gasteiger partial charge in [0.2, 0.25) is 0 Å². The number of carbonyl (C=O) groups is 1. The number of benzene rings is 2. The molecule has 0 aliphatic carbocycles. The smallest absolute Gasteiger partial charge is 0.270 e. The Balaban J connectivity index is 1.69. The highest BCUT2D eigenvalue weighted by molar-refractivity contribution is 6.35. The van der Waals surface area contributed by atoms with Crippen molar-refractivity contribution in [1.29, 1.82) is 0 Å². The molecule has 1 heterocycles. The fourth-order valence-corrected chi connectivity index (χ4v) is 2.82. The molecule has 0 aliphatic rings. The molecule has 1 amide bonds. The third-order valence-electron chi connectivity index (χ3n) is 3.44. The van der Waals surface area contributed by atoms with Crippen molar-refractivity contribution in [2.24, 2.45) is 0 Å². The first-order valence-electron chi connectivity index (χ1n) is 7.61. The van der Waals surface area contributed by atoms with E-state index in [1.165, 1.54) is 0 Å². The van der Waals surface area contributed by atoms with Gasteiger partial charge >= 0.3 is 0 Å². The summed E-state index contributed by atoms with van der Waals surface area (Å²) in [7, 11) is 0. The lowest BCUT2D eigenvalue weighted by atomic mass is 10.2. The lowest BCUT2D eigenvalue weighted by molar-refractivity contribution is 0.0946. The zero-order valence-corrected chi connectivity index (χ0v) is 14.7. The van der Waals surface area contributed by atoms with E-state index in [0.29, 0.717) is 22.3 Å². The summed E-state index contributed by atoms with van der Waals surface area (Å²) in [5.74, 6) is -0.239. The van der Waals surface area contributed by atoms with E-state index < -0.39 is 0 Å². The minimum absolute atomic E-state index is 0.239. The molecule has 126 valence electrons. The van der Waals surface area contributed by atoms with Crippen molar-refractivity contribution in [3.63, 3.8) is 0 Å². The summed E-state index contributed by atoms with van der Waals surface area (Å²) >= 11 is 12.0. The Kier molecular flexibility index (Phi) is 5.53. The van der Waals surface area contributed by atoms with Gasteiger partial charge < -0.3 is 10.6 Å². The number of pyridine rings is 1. The molecular formula is C19H15Cl2N3O. The number of amides is 1. The van der Waals surface area contributed by atoms with Gasteiger partial charge in [0, 0.05) is 34.2 Å². The second-order valence-corrected chi connectivity index (χ2v) is 6.25. The Labute approximate surface area is 155 Å². The average Bonchev–Trinajstić information content (AvgIpc) is 2.60. The number of rotatable bonds is 5.